The number of carbonyl (C=O) groups excluding carboxylic acids is 4. The molecular formula is C91H167O25P. The monoisotopic (exact) mass is 1690 g/mol. The van der Waals surface area contributed by atoms with Gasteiger partial charge in [0.15, 0.2) is 24.8 Å². The zero-order valence-electron chi connectivity index (χ0n) is 73.0. The molecule has 10 N–H and O–H groups in total. The summed E-state index contributed by atoms with van der Waals surface area (Å²) in [5, 5.41) is 102. The highest BCUT2D eigenvalue weighted by molar-refractivity contribution is 7.47. The molecule has 117 heavy (non-hydrogen) atoms. The van der Waals surface area contributed by atoms with Crippen LogP contribution in [-0.2, 0) is 70.7 Å². The van der Waals surface area contributed by atoms with Crippen molar-refractivity contribution in [1.82, 2.24) is 0 Å². The Hall–Kier alpha value is -3.05. The van der Waals surface area contributed by atoms with Crippen molar-refractivity contribution < 1.29 is 122 Å². The molecule has 0 aromatic carbocycles. The molecule has 0 radical (unpaired) electrons. The van der Waals surface area contributed by atoms with E-state index < -0.39 is 162 Å². The molecule has 2 aliphatic heterocycles. The van der Waals surface area contributed by atoms with Crippen LogP contribution in [0.25, 0.3) is 0 Å². The Balaban J connectivity index is 1.92. The van der Waals surface area contributed by atoms with Gasteiger partial charge in [-0.3, -0.25) is 28.2 Å². The first kappa shape index (κ1) is 108. The number of hydrogen-bond acceptors (Lipinski definition) is 24. The van der Waals surface area contributed by atoms with Gasteiger partial charge in [0.1, 0.15) is 92.6 Å². The van der Waals surface area contributed by atoms with Crippen molar-refractivity contribution in [3.05, 3.63) is 24.3 Å². The molecule has 18 atom stereocenters. The van der Waals surface area contributed by atoms with E-state index in [0.717, 1.165) is 161 Å². The van der Waals surface area contributed by atoms with E-state index >= 15 is 0 Å². The maximum Gasteiger partial charge on any atom is 0.472 e. The summed E-state index contributed by atoms with van der Waals surface area (Å²) in [5.41, 5.74) is 0. The van der Waals surface area contributed by atoms with Crippen molar-refractivity contribution in [3.63, 3.8) is 0 Å². The third-order valence-corrected chi connectivity index (χ3v) is 23.9. The molecule has 25 nitrogen and oxygen atoms in total. The molecule has 0 spiro atoms. The topological polar surface area (TPSA) is 380 Å². The molecule has 0 aromatic rings. The van der Waals surface area contributed by atoms with Crippen LogP contribution < -0.4 is 0 Å². The maximum atomic E-state index is 14.9. The number of ether oxygens (including phenoxy) is 8. The van der Waals surface area contributed by atoms with Gasteiger partial charge in [-0.1, -0.05) is 322 Å². The number of unbranched alkanes of at least 4 members (excludes halogenated alkanes) is 48. The number of esters is 4. The minimum Gasteiger partial charge on any atom is -0.463 e. The molecule has 18 unspecified atom stereocenters. The summed E-state index contributed by atoms with van der Waals surface area (Å²) in [5.74, 6) is -2.96. The number of aliphatic hydroxyl groups excluding tert-OH is 9. The van der Waals surface area contributed by atoms with Gasteiger partial charge in [0.05, 0.1) is 13.2 Å². The van der Waals surface area contributed by atoms with Gasteiger partial charge in [-0.05, 0) is 77.0 Å². The van der Waals surface area contributed by atoms with Crippen molar-refractivity contribution in [2.24, 2.45) is 0 Å². The summed E-state index contributed by atoms with van der Waals surface area (Å²) in [7, 11) is -5.81. The Morgan fingerprint density at radius 3 is 1.03 bits per heavy atom. The summed E-state index contributed by atoms with van der Waals surface area (Å²) in [6.45, 7) is 5.58. The summed E-state index contributed by atoms with van der Waals surface area (Å²) in [6.07, 6.45) is 30.2. The average molecular weight is 1690 g/mol. The number of rotatable bonds is 76. The molecule has 2 heterocycles. The highest BCUT2D eigenvalue weighted by atomic mass is 31.2. The summed E-state index contributed by atoms with van der Waals surface area (Å²) in [6, 6.07) is 0. The van der Waals surface area contributed by atoms with Crippen LogP contribution in [0.3, 0.4) is 0 Å². The van der Waals surface area contributed by atoms with Crippen molar-refractivity contribution >= 4 is 31.7 Å². The van der Waals surface area contributed by atoms with Gasteiger partial charge in [-0.2, -0.15) is 0 Å². The highest BCUT2D eigenvalue weighted by Gasteiger charge is 2.60. The number of phosphoric ester groups is 1. The van der Waals surface area contributed by atoms with Gasteiger partial charge in [-0.25, -0.2) is 4.57 Å². The van der Waals surface area contributed by atoms with Crippen LogP contribution in [0, 0.1) is 0 Å². The summed E-state index contributed by atoms with van der Waals surface area (Å²) in [4.78, 5) is 66.4. The van der Waals surface area contributed by atoms with E-state index in [1.807, 2.05) is 0 Å². The minimum atomic E-state index is -5.81. The quantitative estimate of drug-likeness (QED) is 0.00889. The van der Waals surface area contributed by atoms with Gasteiger partial charge in [0, 0.05) is 25.7 Å². The number of phosphoric acid groups is 1. The SMILES string of the molecule is CCCCCC/C=C\CCCCCCCCCC(=O)OCC1OC(OC2C(OC(=O)CCCCCCCCC/C=C\CCCCCC)C(O)C(O)C(OC3OC(CO)C(O)C(O)C3O)C2OP(=O)(O)OCC(COC(=O)CCCCCCCCCCCCCCC)OC(=O)CCCCCCCCCCCCCCCCC)C(O)C(O)C1O. The molecule has 1 saturated carbocycles. The van der Waals surface area contributed by atoms with Crippen molar-refractivity contribution in [3.8, 4) is 0 Å². The van der Waals surface area contributed by atoms with Gasteiger partial charge in [0.25, 0.3) is 0 Å². The van der Waals surface area contributed by atoms with Crippen molar-refractivity contribution in [1.29, 1.82) is 0 Å². The van der Waals surface area contributed by atoms with Crippen LogP contribution in [0.2, 0.25) is 0 Å². The molecule has 686 valence electrons. The fourth-order valence-corrected chi connectivity index (χ4v) is 16.4. The lowest BCUT2D eigenvalue weighted by molar-refractivity contribution is -0.360. The predicted octanol–water partition coefficient (Wildman–Crippen LogP) is 17.3. The molecule has 3 fully saturated rings. The standard InChI is InChI=1S/C91H167O25P/c1-5-9-13-17-21-25-29-33-36-40-44-48-52-56-60-64-75(94)108-70-73-79(98)81(100)85(104)91(112-73)115-88-86(113-77(96)66-62-58-54-50-46-42-38-35-31-27-23-19-15-11-7-3)82(101)83(102)87(114-90-84(103)80(99)78(97)72(67-92)111-90)89(88)116-117(105,106)109-69-71(68-107-74(93)63-59-55-51-47-43-39-32-28-24-20-16-12-8-4)110-76(95)65-61-57-53-49-45-41-37-34-30-26-22-18-14-10-6-2/h25,27,29,31,71-73,78-92,97-104H,5-24,26,28,30,32-70H2,1-4H3,(H,105,106)/b29-25-,31-27-. The van der Waals surface area contributed by atoms with E-state index in [9.17, 15) is 74.6 Å². The van der Waals surface area contributed by atoms with Gasteiger partial charge in [0.2, 0.25) is 0 Å². The van der Waals surface area contributed by atoms with Crippen LogP contribution >= 0.6 is 7.82 Å². The Labute approximate surface area is 704 Å². The Morgan fingerprint density at radius 1 is 0.333 bits per heavy atom. The Morgan fingerprint density at radius 2 is 0.641 bits per heavy atom. The molecule has 26 heteroatoms. The normalized spacial score (nSPS) is 25.1. The van der Waals surface area contributed by atoms with E-state index in [-0.39, 0.29) is 25.7 Å². The van der Waals surface area contributed by atoms with Crippen LogP contribution in [0.1, 0.15) is 400 Å². The second-order valence-electron chi connectivity index (χ2n) is 33.5. The first-order valence-electron chi connectivity index (χ1n) is 47.1. The zero-order valence-corrected chi connectivity index (χ0v) is 73.9. The van der Waals surface area contributed by atoms with Gasteiger partial charge in [-0.15, -0.1) is 0 Å². The fourth-order valence-electron chi connectivity index (χ4n) is 15.4. The maximum absolute atomic E-state index is 14.9. The predicted molar refractivity (Wildman–Crippen MR) is 453 cm³/mol. The lowest BCUT2D eigenvalue weighted by Gasteiger charge is -2.50. The number of allylic oxidation sites excluding steroid dienone is 4. The zero-order chi connectivity index (χ0) is 85.4. The smallest absolute Gasteiger partial charge is 0.463 e. The molecule has 3 aliphatic rings. The molecule has 1 aliphatic carbocycles. The third kappa shape index (κ3) is 50.5. The first-order chi connectivity index (χ1) is 56.7. The van der Waals surface area contributed by atoms with E-state index in [0.29, 0.717) is 32.1 Å². The van der Waals surface area contributed by atoms with Crippen LogP contribution in [0.5, 0.6) is 0 Å². The van der Waals surface area contributed by atoms with Crippen molar-refractivity contribution in [2.45, 2.75) is 504 Å². The van der Waals surface area contributed by atoms with E-state index in [2.05, 4.69) is 52.0 Å². The lowest BCUT2D eigenvalue weighted by Crippen LogP contribution is -2.70. The van der Waals surface area contributed by atoms with E-state index in [1.54, 1.807) is 0 Å². The van der Waals surface area contributed by atoms with Crippen LogP contribution in [0.15, 0.2) is 24.3 Å². The molecule has 0 amide bonds. The van der Waals surface area contributed by atoms with E-state index in [1.165, 1.54) is 154 Å². The van der Waals surface area contributed by atoms with Gasteiger partial charge < -0.3 is 88.7 Å². The van der Waals surface area contributed by atoms with Crippen molar-refractivity contribution in [2.75, 3.05) is 26.4 Å². The highest BCUT2D eigenvalue weighted by Crippen LogP contribution is 2.49. The van der Waals surface area contributed by atoms with Crippen LogP contribution in [0.4, 0.5) is 0 Å². The molecule has 3 rings (SSSR count). The van der Waals surface area contributed by atoms with Crippen LogP contribution in [-0.4, -0.2) is 205 Å². The number of hydrogen-bond donors (Lipinski definition) is 10. The second kappa shape index (κ2) is 70.3. The Bertz CT molecular complexity index is 2530. The summed E-state index contributed by atoms with van der Waals surface area (Å²) < 4.78 is 73.4. The third-order valence-electron chi connectivity index (χ3n) is 22.9. The number of carbonyl (C=O) groups is 4. The fraction of sp³-hybridized carbons (Fsp3) is 0.912. The lowest BCUT2D eigenvalue weighted by atomic mass is 9.84. The molecular weight excluding hydrogens is 1520 g/mol. The molecule has 0 aromatic heterocycles. The number of aliphatic hydroxyl groups is 9. The average Bonchev–Trinajstić information content (AvgIpc) is 0.754. The summed E-state index contributed by atoms with van der Waals surface area (Å²) >= 11 is 0. The molecule has 0 bridgehead atoms. The largest absolute Gasteiger partial charge is 0.472 e. The Kier molecular flexibility index (Phi) is 64.9. The second-order valence-corrected chi connectivity index (χ2v) is 34.9. The molecule has 2 saturated heterocycles. The van der Waals surface area contributed by atoms with Gasteiger partial charge >= 0.3 is 31.7 Å². The van der Waals surface area contributed by atoms with E-state index in [4.69, 9.17) is 46.9 Å². The minimum absolute atomic E-state index is 0.00921. The first-order valence-corrected chi connectivity index (χ1v) is 48.6.